The van der Waals surface area contributed by atoms with Crippen molar-refractivity contribution in [1.29, 1.82) is 0 Å². The number of H-pyrrole nitrogens is 2. The highest BCUT2D eigenvalue weighted by Crippen LogP contribution is 2.14. The number of nitrogens with zero attached hydrogens (tertiary/aromatic N) is 2. The molecule has 8 heteroatoms. The molecule has 0 aliphatic rings. The molecule has 0 aliphatic heterocycles. The molecule has 3 aromatic carbocycles. The lowest BCUT2D eigenvalue weighted by Gasteiger charge is -1.98. The summed E-state index contributed by atoms with van der Waals surface area (Å²) in [7, 11) is 0. The van der Waals surface area contributed by atoms with Gasteiger partial charge in [0.25, 0.3) is 11.8 Å². The van der Waals surface area contributed by atoms with E-state index in [2.05, 4.69) is 31.0 Å². The van der Waals surface area contributed by atoms with Crippen molar-refractivity contribution >= 4 is 58.2 Å². The first-order valence-electron chi connectivity index (χ1n) is 11.9. The predicted molar refractivity (Wildman–Crippen MR) is 153 cm³/mol. The SMILES string of the molecule is O=C(/C=C/c1ccc(/C=C/C(=O)N/N=C/c2ccc3[nH]ccc3c2)cc1)N/N=C/c1ccc2[nH]ccc2c1. The van der Waals surface area contributed by atoms with Gasteiger partial charge in [-0.15, -0.1) is 0 Å². The van der Waals surface area contributed by atoms with Crippen LogP contribution >= 0.6 is 0 Å². The minimum atomic E-state index is -0.335. The Morgan fingerprint density at radius 1 is 0.579 bits per heavy atom. The number of hydrogen-bond donors (Lipinski definition) is 4. The molecule has 0 atom stereocenters. The van der Waals surface area contributed by atoms with Crippen molar-refractivity contribution in [3.05, 3.63) is 120 Å². The van der Waals surface area contributed by atoms with E-state index in [0.29, 0.717) is 0 Å². The van der Waals surface area contributed by atoms with Gasteiger partial charge in [-0.25, -0.2) is 10.9 Å². The lowest BCUT2D eigenvalue weighted by atomic mass is 10.1. The molecule has 0 bridgehead atoms. The number of carbonyl (C=O) groups is 2. The second-order valence-electron chi connectivity index (χ2n) is 8.45. The van der Waals surface area contributed by atoms with Crippen LogP contribution < -0.4 is 10.9 Å². The van der Waals surface area contributed by atoms with E-state index in [0.717, 1.165) is 44.1 Å². The van der Waals surface area contributed by atoms with Crippen LogP contribution in [0.15, 0.2) is 108 Å². The number of benzene rings is 3. The molecule has 0 saturated carbocycles. The summed E-state index contributed by atoms with van der Waals surface area (Å²) in [5.74, 6) is -0.670. The number of carbonyl (C=O) groups excluding carboxylic acids is 2. The Morgan fingerprint density at radius 3 is 1.45 bits per heavy atom. The molecule has 2 aromatic heterocycles. The van der Waals surface area contributed by atoms with Crippen LogP contribution in [0.3, 0.4) is 0 Å². The van der Waals surface area contributed by atoms with Gasteiger partial charge in [0.1, 0.15) is 0 Å². The minimum absolute atomic E-state index is 0.335. The Hall–Kier alpha value is -5.50. The normalized spacial score (nSPS) is 12.0. The van der Waals surface area contributed by atoms with E-state index in [1.165, 1.54) is 12.2 Å². The van der Waals surface area contributed by atoms with Crippen LogP contribution in [-0.4, -0.2) is 34.2 Å². The number of rotatable bonds is 8. The molecule has 38 heavy (non-hydrogen) atoms. The van der Waals surface area contributed by atoms with Gasteiger partial charge in [-0.3, -0.25) is 9.59 Å². The lowest BCUT2D eigenvalue weighted by Crippen LogP contribution is -2.14. The van der Waals surface area contributed by atoms with Gasteiger partial charge in [0.15, 0.2) is 0 Å². The third-order valence-corrected chi connectivity index (χ3v) is 5.72. The van der Waals surface area contributed by atoms with Crippen molar-refractivity contribution in [3.8, 4) is 0 Å². The number of aromatic amines is 2. The predicted octanol–water partition coefficient (Wildman–Crippen LogP) is 4.98. The fourth-order valence-electron chi connectivity index (χ4n) is 3.78. The first-order valence-corrected chi connectivity index (χ1v) is 11.9. The summed E-state index contributed by atoms with van der Waals surface area (Å²) in [5.41, 5.74) is 10.5. The van der Waals surface area contributed by atoms with Crippen LogP contribution in [0.5, 0.6) is 0 Å². The lowest BCUT2D eigenvalue weighted by molar-refractivity contribution is -0.117. The molecular weight excluding hydrogens is 476 g/mol. The van der Waals surface area contributed by atoms with Crippen molar-refractivity contribution in [3.63, 3.8) is 0 Å². The van der Waals surface area contributed by atoms with Gasteiger partial charge in [-0.05, 0) is 81.6 Å². The number of nitrogens with one attached hydrogen (secondary N) is 4. The molecule has 2 amide bonds. The Bertz CT molecular complexity index is 1580. The molecule has 5 aromatic rings. The maximum Gasteiger partial charge on any atom is 0.264 e. The zero-order valence-electron chi connectivity index (χ0n) is 20.3. The van der Waals surface area contributed by atoms with Crippen molar-refractivity contribution < 1.29 is 9.59 Å². The van der Waals surface area contributed by atoms with Gasteiger partial charge in [0, 0.05) is 35.6 Å². The van der Waals surface area contributed by atoms with Gasteiger partial charge < -0.3 is 9.97 Å². The molecular formula is C30H24N6O2. The fraction of sp³-hybridized carbons (Fsp3) is 0. The summed E-state index contributed by atoms with van der Waals surface area (Å²) in [4.78, 5) is 30.4. The quantitative estimate of drug-likeness (QED) is 0.137. The van der Waals surface area contributed by atoms with E-state index in [1.54, 1.807) is 24.6 Å². The number of hydrazone groups is 2. The molecule has 0 fully saturated rings. The van der Waals surface area contributed by atoms with E-state index in [9.17, 15) is 9.59 Å². The molecule has 2 heterocycles. The zero-order chi connectivity index (χ0) is 26.2. The fourth-order valence-corrected chi connectivity index (χ4v) is 3.78. The average molecular weight is 501 g/mol. The van der Waals surface area contributed by atoms with Crippen molar-refractivity contribution in [1.82, 2.24) is 20.8 Å². The van der Waals surface area contributed by atoms with Crippen LogP contribution in [0.2, 0.25) is 0 Å². The van der Waals surface area contributed by atoms with E-state index in [-0.39, 0.29) is 11.8 Å². The molecule has 5 rings (SSSR count). The number of fused-ring (bicyclic) bond motifs is 2. The molecule has 186 valence electrons. The summed E-state index contributed by atoms with van der Waals surface area (Å²) in [6.45, 7) is 0. The number of hydrogen-bond acceptors (Lipinski definition) is 4. The smallest absolute Gasteiger partial charge is 0.264 e. The Morgan fingerprint density at radius 2 is 1.00 bits per heavy atom. The average Bonchev–Trinajstić information content (AvgIpc) is 3.60. The number of aromatic nitrogens is 2. The minimum Gasteiger partial charge on any atom is -0.361 e. The maximum absolute atomic E-state index is 12.1. The van der Waals surface area contributed by atoms with Crippen molar-refractivity contribution in [2.75, 3.05) is 0 Å². The van der Waals surface area contributed by atoms with E-state index < -0.39 is 0 Å². The van der Waals surface area contributed by atoms with Gasteiger partial charge >= 0.3 is 0 Å². The van der Waals surface area contributed by atoms with Gasteiger partial charge in [-0.2, -0.15) is 10.2 Å². The monoisotopic (exact) mass is 500 g/mol. The highest BCUT2D eigenvalue weighted by molar-refractivity contribution is 5.95. The molecule has 0 saturated heterocycles. The van der Waals surface area contributed by atoms with Crippen LogP contribution in [0.1, 0.15) is 22.3 Å². The van der Waals surface area contributed by atoms with Gasteiger partial charge in [0.05, 0.1) is 12.4 Å². The molecule has 4 N–H and O–H groups in total. The third-order valence-electron chi connectivity index (χ3n) is 5.72. The maximum atomic E-state index is 12.1. The van der Waals surface area contributed by atoms with Gasteiger partial charge in [0.2, 0.25) is 0 Å². The van der Waals surface area contributed by atoms with Crippen molar-refractivity contribution in [2.45, 2.75) is 0 Å². The van der Waals surface area contributed by atoms with Crippen LogP contribution in [0, 0.1) is 0 Å². The summed E-state index contributed by atoms with van der Waals surface area (Å²) in [6, 6.07) is 23.1. The Labute approximate surface area is 218 Å². The molecule has 0 aliphatic carbocycles. The summed E-state index contributed by atoms with van der Waals surface area (Å²) in [5, 5.41) is 10.2. The first kappa shape index (κ1) is 24.2. The second-order valence-corrected chi connectivity index (χ2v) is 8.45. The summed E-state index contributed by atoms with van der Waals surface area (Å²) < 4.78 is 0. The Kier molecular flexibility index (Phi) is 7.32. The number of amides is 2. The van der Waals surface area contributed by atoms with E-state index >= 15 is 0 Å². The van der Waals surface area contributed by atoms with Crippen molar-refractivity contribution in [2.24, 2.45) is 10.2 Å². The summed E-state index contributed by atoms with van der Waals surface area (Å²) in [6.07, 6.45) is 13.2. The third kappa shape index (κ3) is 6.38. The molecule has 0 unspecified atom stereocenters. The van der Waals surface area contributed by atoms with Crippen LogP contribution in [0.4, 0.5) is 0 Å². The van der Waals surface area contributed by atoms with Gasteiger partial charge in [-0.1, -0.05) is 36.4 Å². The molecule has 0 radical (unpaired) electrons. The molecule has 0 spiro atoms. The Balaban J connectivity index is 1.07. The van der Waals surface area contributed by atoms with Crippen LogP contribution in [-0.2, 0) is 9.59 Å². The topological polar surface area (TPSA) is 114 Å². The summed E-state index contributed by atoms with van der Waals surface area (Å²) >= 11 is 0. The van der Waals surface area contributed by atoms with E-state index in [1.807, 2.05) is 85.2 Å². The standard InChI is InChI=1S/C30H24N6O2/c37-29(35-33-19-23-5-9-27-25(17-23)13-15-31-27)11-7-21-1-2-22(4-3-21)8-12-30(38)36-34-20-24-6-10-28-26(18-24)14-16-32-28/h1-20,31-32H,(H,35,37)(H,36,38)/b11-7+,12-8+,33-19+,34-20+. The van der Waals surface area contributed by atoms with Crippen LogP contribution in [0.25, 0.3) is 34.0 Å². The van der Waals surface area contributed by atoms with E-state index in [4.69, 9.17) is 0 Å². The first-order chi connectivity index (χ1) is 18.6. The largest absolute Gasteiger partial charge is 0.361 e. The second kappa shape index (κ2) is 11.5. The highest BCUT2D eigenvalue weighted by atomic mass is 16.2. The molecule has 8 nitrogen and oxygen atoms in total. The zero-order valence-corrected chi connectivity index (χ0v) is 20.3. The highest BCUT2D eigenvalue weighted by Gasteiger charge is 1.98.